The van der Waals surface area contributed by atoms with Gasteiger partial charge in [-0.1, -0.05) is 47.5 Å². The summed E-state index contributed by atoms with van der Waals surface area (Å²) in [4.78, 5) is 23.9. The van der Waals surface area contributed by atoms with Gasteiger partial charge in [0.2, 0.25) is 0 Å². The molecule has 7 heteroatoms. The molecule has 0 aliphatic carbocycles. The maximum Gasteiger partial charge on any atom is 0.337 e. The van der Waals surface area contributed by atoms with Crippen molar-refractivity contribution in [2.75, 3.05) is 5.32 Å². The van der Waals surface area contributed by atoms with Gasteiger partial charge in [0.1, 0.15) is 5.75 Å². The fourth-order valence-electron chi connectivity index (χ4n) is 2.36. The summed E-state index contributed by atoms with van der Waals surface area (Å²) in [7, 11) is 0. The highest BCUT2D eigenvalue weighted by molar-refractivity contribution is 6.37. The van der Waals surface area contributed by atoms with E-state index >= 15 is 0 Å². The minimum atomic E-state index is -1.18. The zero-order chi connectivity index (χ0) is 19.4. The number of anilines is 1. The second-order valence-electron chi connectivity index (χ2n) is 5.49. The van der Waals surface area contributed by atoms with Gasteiger partial charge < -0.3 is 15.2 Å². The number of carbonyl (C=O) groups is 2. The summed E-state index contributed by atoms with van der Waals surface area (Å²) in [5, 5.41) is 12.6. The first kappa shape index (κ1) is 18.8. The van der Waals surface area contributed by atoms with E-state index in [2.05, 4.69) is 5.32 Å². The summed E-state index contributed by atoms with van der Waals surface area (Å²) < 4.78 is 5.69. The van der Waals surface area contributed by atoms with Crippen LogP contribution in [0.15, 0.2) is 66.7 Å². The molecule has 0 aliphatic rings. The molecular formula is C20H13Cl2NO4. The first-order valence-corrected chi connectivity index (χ1v) is 8.57. The van der Waals surface area contributed by atoms with Crippen molar-refractivity contribution in [2.24, 2.45) is 0 Å². The number of para-hydroxylation sites is 1. The van der Waals surface area contributed by atoms with Crippen LogP contribution < -0.4 is 10.1 Å². The number of carbonyl (C=O) groups excluding carboxylic acids is 1. The summed E-state index contributed by atoms with van der Waals surface area (Å²) in [6.07, 6.45) is 0. The molecule has 0 saturated carbocycles. The number of carboxylic acids is 1. The molecule has 1 amide bonds. The zero-order valence-electron chi connectivity index (χ0n) is 13.8. The van der Waals surface area contributed by atoms with Crippen molar-refractivity contribution < 1.29 is 19.4 Å². The number of aromatic carboxylic acids is 1. The Kier molecular flexibility index (Phi) is 5.64. The highest BCUT2D eigenvalue weighted by atomic mass is 35.5. The second-order valence-corrected chi connectivity index (χ2v) is 6.30. The van der Waals surface area contributed by atoms with E-state index in [1.54, 1.807) is 48.5 Å². The molecule has 0 fully saturated rings. The Morgan fingerprint density at radius 2 is 1.56 bits per heavy atom. The minimum Gasteiger partial charge on any atom is -0.478 e. The van der Waals surface area contributed by atoms with Crippen LogP contribution in [0.4, 0.5) is 5.69 Å². The van der Waals surface area contributed by atoms with Crippen LogP contribution in [0.2, 0.25) is 10.0 Å². The third-order valence-electron chi connectivity index (χ3n) is 3.64. The smallest absolute Gasteiger partial charge is 0.337 e. The standard InChI is InChI=1S/C20H13Cl2NO4/c21-15-7-4-8-16(22)18(15)27-13-9-10-14(20(25)26)17(11-13)23-19(24)12-5-2-1-3-6-12/h1-11H,(H,23,24)(H,25,26). The normalized spacial score (nSPS) is 10.3. The van der Waals surface area contributed by atoms with Crippen molar-refractivity contribution in [3.05, 3.63) is 87.9 Å². The monoisotopic (exact) mass is 401 g/mol. The number of halogens is 2. The SMILES string of the molecule is O=C(Nc1cc(Oc2c(Cl)cccc2Cl)ccc1C(=O)O)c1ccccc1. The summed E-state index contributed by atoms with van der Waals surface area (Å²) in [5.74, 6) is -1.10. The van der Waals surface area contributed by atoms with Crippen LogP contribution in [0.3, 0.4) is 0 Å². The van der Waals surface area contributed by atoms with Crippen LogP contribution in [0.1, 0.15) is 20.7 Å². The van der Waals surface area contributed by atoms with E-state index < -0.39 is 11.9 Å². The van der Waals surface area contributed by atoms with E-state index in [-0.39, 0.29) is 22.7 Å². The van der Waals surface area contributed by atoms with Crippen molar-refractivity contribution in [3.8, 4) is 11.5 Å². The Hall–Kier alpha value is -3.02. The average molecular weight is 402 g/mol. The molecule has 136 valence electrons. The third-order valence-corrected chi connectivity index (χ3v) is 4.24. The molecule has 27 heavy (non-hydrogen) atoms. The predicted octanol–water partition coefficient (Wildman–Crippen LogP) is 5.74. The Bertz CT molecular complexity index is 986. The lowest BCUT2D eigenvalue weighted by atomic mass is 10.1. The fraction of sp³-hybridized carbons (Fsp3) is 0. The van der Waals surface area contributed by atoms with Gasteiger partial charge in [-0.05, 0) is 36.4 Å². The Morgan fingerprint density at radius 3 is 2.19 bits per heavy atom. The van der Waals surface area contributed by atoms with Crippen molar-refractivity contribution >= 4 is 40.8 Å². The van der Waals surface area contributed by atoms with Crippen molar-refractivity contribution in [1.82, 2.24) is 0 Å². The molecule has 0 unspecified atom stereocenters. The molecule has 0 spiro atoms. The van der Waals surface area contributed by atoms with Gasteiger partial charge in [-0.25, -0.2) is 4.79 Å². The first-order chi connectivity index (χ1) is 13.0. The highest BCUT2D eigenvalue weighted by Gasteiger charge is 2.16. The number of carboxylic acid groups (broad SMARTS) is 1. The molecule has 0 radical (unpaired) electrons. The van der Waals surface area contributed by atoms with Crippen LogP contribution in [-0.2, 0) is 0 Å². The summed E-state index contributed by atoms with van der Waals surface area (Å²) >= 11 is 12.2. The minimum absolute atomic E-state index is 0.0723. The number of ether oxygens (including phenoxy) is 1. The number of hydrogen-bond acceptors (Lipinski definition) is 3. The number of hydrogen-bond donors (Lipinski definition) is 2. The Labute approximate surface area is 165 Å². The van der Waals surface area contributed by atoms with Gasteiger partial charge >= 0.3 is 5.97 Å². The summed E-state index contributed by atoms with van der Waals surface area (Å²) in [6, 6.07) is 17.6. The predicted molar refractivity (Wildman–Crippen MR) is 104 cm³/mol. The van der Waals surface area contributed by atoms with Crippen molar-refractivity contribution in [3.63, 3.8) is 0 Å². The van der Waals surface area contributed by atoms with Crippen molar-refractivity contribution in [2.45, 2.75) is 0 Å². The molecule has 0 atom stereocenters. The largest absolute Gasteiger partial charge is 0.478 e. The van der Waals surface area contributed by atoms with Crippen LogP contribution in [-0.4, -0.2) is 17.0 Å². The lowest BCUT2D eigenvalue weighted by molar-refractivity contribution is 0.0698. The van der Waals surface area contributed by atoms with Gasteiger partial charge in [-0.15, -0.1) is 0 Å². The number of nitrogens with one attached hydrogen (secondary N) is 1. The zero-order valence-corrected chi connectivity index (χ0v) is 15.3. The Morgan fingerprint density at radius 1 is 0.889 bits per heavy atom. The van der Waals surface area contributed by atoms with Crippen molar-refractivity contribution in [1.29, 1.82) is 0 Å². The maximum atomic E-state index is 12.4. The molecule has 0 heterocycles. The summed E-state index contributed by atoms with van der Waals surface area (Å²) in [6.45, 7) is 0. The molecule has 0 bridgehead atoms. The van der Waals surface area contributed by atoms with Gasteiger partial charge in [-0.3, -0.25) is 4.79 Å². The Balaban J connectivity index is 1.93. The lowest BCUT2D eigenvalue weighted by Crippen LogP contribution is -2.14. The summed E-state index contributed by atoms with van der Waals surface area (Å²) in [5.41, 5.74) is 0.420. The molecule has 3 aromatic rings. The van der Waals surface area contributed by atoms with Crippen LogP contribution in [0.25, 0.3) is 0 Å². The molecule has 3 aromatic carbocycles. The molecule has 5 nitrogen and oxygen atoms in total. The topological polar surface area (TPSA) is 75.6 Å². The van der Waals surface area contributed by atoms with Crippen LogP contribution >= 0.6 is 23.2 Å². The van der Waals surface area contributed by atoms with E-state index in [0.717, 1.165) is 0 Å². The average Bonchev–Trinajstić information content (AvgIpc) is 2.65. The first-order valence-electron chi connectivity index (χ1n) is 7.81. The molecule has 0 saturated heterocycles. The molecule has 2 N–H and O–H groups in total. The maximum absolute atomic E-state index is 12.4. The molecule has 3 rings (SSSR count). The van der Waals surface area contributed by atoms with E-state index in [9.17, 15) is 14.7 Å². The number of rotatable bonds is 5. The lowest BCUT2D eigenvalue weighted by Gasteiger charge is -2.13. The molecular weight excluding hydrogens is 389 g/mol. The van der Waals surface area contributed by atoms with Crippen LogP contribution in [0.5, 0.6) is 11.5 Å². The van der Waals surface area contributed by atoms with E-state index in [4.69, 9.17) is 27.9 Å². The number of benzene rings is 3. The van der Waals surface area contributed by atoms with E-state index in [1.165, 1.54) is 18.2 Å². The van der Waals surface area contributed by atoms with E-state index in [1.807, 2.05) is 0 Å². The highest BCUT2D eigenvalue weighted by Crippen LogP contribution is 2.37. The van der Waals surface area contributed by atoms with E-state index in [0.29, 0.717) is 15.6 Å². The third kappa shape index (κ3) is 4.39. The van der Waals surface area contributed by atoms with Gasteiger partial charge in [-0.2, -0.15) is 0 Å². The van der Waals surface area contributed by atoms with Gasteiger partial charge in [0.15, 0.2) is 5.75 Å². The second kappa shape index (κ2) is 8.12. The van der Waals surface area contributed by atoms with Gasteiger partial charge in [0, 0.05) is 11.6 Å². The molecule has 0 aromatic heterocycles. The fourth-order valence-corrected chi connectivity index (χ4v) is 2.83. The van der Waals surface area contributed by atoms with Gasteiger partial charge in [0.05, 0.1) is 21.3 Å². The van der Waals surface area contributed by atoms with Gasteiger partial charge in [0.25, 0.3) is 5.91 Å². The van der Waals surface area contributed by atoms with Crippen LogP contribution in [0, 0.1) is 0 Å². The number of amides is 1. The quantitative estimate of drug-likeness (QED) is 0.571. The molecule has 0 aliphatic heterocycles.